The summed E-state index contributed by atoms with van der Waals surface area (Å²) in [5.74, 6) is 0.979. The summed E-state index contributed by atoms with van der Waals surface area (Å²) in [6.07, 6.45) is 1.02. The van der Waals surface area contributed by atoms with Crippen LogP contribution in [0.25, 0.3) is 0 Å². The topological polar surface area (TPSA) is 72.4 Å². The average molecular weight is 328 g/mol. The van der Waals surface area contributed by atoms with E-state index in [0.29, 0.717) is 24.1 Å². The molecule has 6 heteroatoms. The number of nitrogens with zero attached hydrogens (tertiary/aromatic N) is 2. The quantitative estimate of drug-likeness (QED) is 0.684. The normalized spacial score (nSPS) is 23.4. The third kappa shape index (κ3) is 3.06. The Kier molecular flexibility index (Phi) is 4.42. The summed E-state index contributed by atoms with van der Waals surface area (Å²) in [6.45, 7) is 4.47. The lowest BCUT2D eigenvalue weighted by Gasteiger charge is -2.37. The predicted molar refractivity (Wildman–Crippen MR) is 79.3 cm³/mol. The molecule has 0 bridgehead atoms. The van der Waals surface area contributed by atoms with Gasteiger partial charge in [0, 0.05) is 23.6 Å². The summed E-state index contributed by atoms with van der Waals surface area (Å²) in [7, 11) is 0. The fourth-order valence-corrected chi connectivity index (χ4v) is 2.93. The van der Waals surface area contributed by atoms with Gasteiger partial charge < -0.3 is 10.6 Å². The minimum Gasteiger partial charge on any atom is -0.366 e. The van der Waals surface area contributed by atoms with Gasteiger partial charge in [0.25, 0.3) is 5.69 Å². The largest absolute Gasteiger partial charge is 0.366 e. The molecule has 0 amide bonds. The molecule has 1 fully saturated rings. The fraction of sp³-hybridized carbons (Fsp3) is 0.538. The van der Waals surface area contributed by atoms with Crippen LogP contribution in [0.4, 0.5) is 11.4 Å². The van der Waals surface area contributed by atoms with Crippen LogP contribution in [0.2, 0.25) is 0 Å². The van der Waals surface area contributed by atoms with E-state index in [9.17, 15) is 10.1 Å². The van der Waals surface area contributed by atoms with Crippen molar-refractivity contribution in [3.8, 4) is 0 Å². The SMILES string of the molecule is CC1CCN(c2ccc(Br)cc2[N+](=O)[O-])CC1CN. The van der Waals surface area contributed by atoms with Crippen LogP contribution in [-0.4, -0.2) is 24.6 Å². The van der Waals surface area contributed by atoms with E-state index in [0.717, 1.165) is 24.0 Å². The lowest BCUT2D eigenvalue weighted by atomic mass is 9.87. The first kappa shape index (κ1) is 14.3. The Morgan fingerprint density at radius 2 is 2.32 bits per heavy atom. The first-order chi connectivity index (χ1) is 9.02. The van der Waals surface area contributed by atoms with E-state index >= 15 is 0 Å². The van der Waals surface area contributed by atoms with Gasteiger partial charge >= 0.3 is 0 Å². The Labute approximate surface area is 121 Å². The molecule has 2 unspecified atom stereocenters. The van der Waals surface area contributed by atoms with Crippen molar-refractivity contribution in [2.24, 2.45) is 17.6 Å². The molecular weight excluding hydrogens is 310 g/mol. The van der Waals surface area contributed by atoms with Crippen LogP contribution in [-0.2, 0) is 0 Å². The van der Waals surface area contributed by atoms with E-state index in [1.165, 1.54) is 0 Å². The zero-order valence-corrected chi connectivity index (χ0v) is 12.5. The number of hydrogen-bond acceptors (Lipinski definition) is 4. The highest BCUT2D eigenvalue weighted by atomic mass is 79.9. The van der Waals surface area contributed by atoms with Crippen molar-refractivity contribution in [3.05, 3.63) is 32.8 Å². The van der Waals surface area contributed by atoms with E-state index < -0.39 is 0 Å². The van der Waals surface area contributed by atoms with Gasteiger partial charge in [-0.2, -0.15) is 0 Å². The smallest absolute Gasteiger partial charge is 0.293 e. The van der Waals surface area contributed by atoms with Gasteiger partial charge in [-0.15, -0.1) is 0 Å². The lowest BCUT2D eigenvalue weighted by Crippen LogP contribution is -2.42. The van der Waals surface area contributed by atoms with Crippen molar-refractivity contribution >= 4 is 27.3 Å². The Bertz CT molecular complexity index is 481. The van der Waals surface area contributed by atoms with Crippen LogP contribution in [0.1, 0.15) is 13.3 Å². The molecule has 1 saturated heterocycles. The van der Waals surface area contributed by atoms with Gasteiger partial charge in [-0.25, -0.2) is 0 Å². The summed E-state index contributed by atoms with van der Waals surface area (Å²) in [6, 6.07) is 5.22. The highest BCUT2D eigenvalue weighted by Gasteiger charge is 2.28. The van der Waals surface area contributed by atoms with Crippen LogP contribution in [0.3, 0.4) is 0 Å². The van der Waals surface area contributed by atoms with Gasteiger partial charge in [0.15, 0.2) is 0 Å². The van der Waals surface area contributed by atoms with Gasteiger partial charge in [0.05, 0.1) is 4.92 Å². The second-order valence-corrected chi connectivity index (χ2v) is 6.01. The second-order valence-electron chi connectivity index (χ2n) is 5.10. The van der Waals surface area contributed by atoms with Crippen LogP contribution in [0, 0.1) is 22.0 Å². The number of halogens is 1. The molecule has 104 valence electrons. The second kappa shape index (κ2) is 5.88. The summed E-state index contributed by atoms with van der Waals surface area (Å²) in [5.41, 5.74) is 6.63. The van der Waals surface area contributed by atoms with Crippen molar-refractivity contribution in [1.82, 2.24) is 0 Å². The maximum atomic E-state index is 11.2. The van der Waals surface area contributed by atoms with Crippen LogP contribution >= 0.6 is 15.9 Å². The number of benzene rings is 1. The number of hydrogen-bond donors (Lipinski definition) is 1. The zero-order chi connectivity index (χ0) is 14.0. The summed E-state index contributed by atoms with van der Waals surface area (Å²) >= 11 is 3.28. The van der Waals surface area contributed by atoms with E-state index in [4.69, 9.17) is 5.73 Å². The number of piperidine rings is 1. The minimum atomic E-state index is -0.324. The van der Waals surface area contributed by atoms with Crippen LogP contribution in [0.15, 0.2) is 22.7 Å². The number of rotatable bonds is 3. The molecule has 0 spiro atoms. The first-order valence-corrected chi connectivity index (χ1v) is 7.21. The van der Waals surface area contributed by atoms with E-state index in [2.05, 4.69) is 27.8 Å². The predicted octanol–water partition coefficient (Wildman–Crippen LogP) is 2.78. The lowest BCUT2D eigenvalue weighted by molar-refractivity contribution is -0.384. The third-order valence-electron chi connectivity index (χ3n) is 3.89. The van der Waals surface area contributed by atoms with E-state index in [1.54, 1.807) is 6.07 Å². The highest BCUT2D eigenvalue weighted by molar-refractivity contribution is 9.10. The van der Waals surface area contributed by atoms with Gasteiger partial charge in [0.2, 0.25) is 0 Å². The maximum absolute atomic E-state index is 11.2. The van der Waals surface area contributed by atoms with E-state index in [1.807, 2.05) is 12.1 Å². The van der Waals surface area contributed by atoms with Gasteiger partial charge in [-0.05, 0) is 36.9 Å². The Morgan fingerprint density at radius 3 is 2.95 bits per heavy atom. The molecule has 0 radical (unpaired) electrons. The Balaban J connectivity index is 2.29. The monoisotopic (exact) mass is 327 g/mol. The van der Waals surface area contributed by atoms with Gasteiger partial charge in [-0.1, -0.05) is 22.9 Å². The average Bonchev–Trinajstić information content (AvgIpc) is 2.39. The molecule has 19 heavy (non-hydrogen) atoms. The van der Waals surface area contributed by atoms with Crippen LogP contribution in [0.5, 0.6) is 0 Å². The number of anilines is 1. The minimum absolute atomic E-state index is 0.152. The summed E-state index contributed by atoms with van der Waals surface area (Å²) in [5, 5.41) is 11.2. The van der Waals surface area contributed by atoms with Crippen LogP contribution < -0.4 is 10.6 Å². The molecule has 5 nitrogen and oxygen atoms in total. The molecule has 0 aromatic heterocycles. The third-order valence-corrected chi connectivity index (χ3v) is 4.38. The van der Waals surface area contributed by atoms with Crippen molar-refractivity contribution in [2.75, 3.05) is 24.5 Å². The molecule has 2 N–H and O–H groups in total. The molecule has 1 aromatic rings. The molecule has 1 aliphatic rings. The van der Waals surface area contributed by atoms with Gasteiger partial charge in [0.1, 0.15) is 5.69 Å². The molecule has 2 atom stereocenters. The highest BCUT2D eigenvalue weighted by Crippen LogP contribution is 2.34. The summed E-state index contributed by atoms with van der Waals surface area (Å²) in [4.78, 5) is 12.9. The van der Waals surface area contributed by atoms with Crippen molar-refractivity contribution in [3.63, 3.8) is 0 Å². The molecule has 0 saturated carbocycles. The molecule has 1 heterocycles. The Hall–Kier alpha value is -1.14. The molecular formula is C13H18BrN3O2. The van der Waals surface area contributed by atoms with Crippen molar-refractivity contribution in [1.29, 1.82) is 0 Å². The number of nitrogens with two attached hydrogens (primary N) is 1. The summed E-state index contributed by atoms with van der Waals surface area (Å²) < 4.78 is 0.726. The molecule has 2 rings (SSSR count). The molecule has 1 aromatic carbocycles. The number of nitro benzene ring substituents is 1. The van der Waals surface area contributed by atoms with E-state index in [-0.39, 0.29) is 10.6 Å². The molecule has 0 aliphatic carbocycles. The number of nitro groups is 1. The fourth-order valence-electron chi connectivity index (χ4n) is 2.59. The standard InChI is InChI=1S/C13H18BrN3O2/c1-9-4-5-16(8-10(9)7-15)12-3-2-11(14)6-13(12)17(18)19/h2-3,6,9-10H,4-5,7-8,15H2,1H3. The van der Waals surface area contributed by atoms with Gasteiger partial charge in [-0.3, -0.25) is 10.1 Å². The Morgan fingerprint density at radius 1 is 1.58 bits per heavy atom. The van der Waals surface area contributed by atoms with Crippen molar-refractivity contribution < 1.29 is 4.92 Å². The maximum Gasteiger partial charge on any atom is 0.293 e. The molecule has 1 aliphatic heterocycles. The first-order valence-electron chi connectivity index (χ1n) is 6.42. The zero-order valence-electron chi connectivity index (χ0n) is 10.9. The van der Waals surface area contributed by atoms with Crippen molar-refractivity contribution in [2.45, 2.75) is 13.3 Å².